The predicted molar refractivity (Wildman–Crippen MR) is 110 cm³/mol. The number of nitrogens with zero attached hydrogens (tertiary/aromatic N) is 1. The van der Waals surface area contributed by atoms with Crippen LogP contribution in [0, 0.1) is 11.8 Å². The van der Waals surface area contributed by atoms with Crippen molar-refractivity contribution in [1.82, 2.24) is 5.32 Å². The second-order valence-electron chi connectivity index (χ2n) is 9.02. The van der Waals surface area contributed by atoms with Gasteiger partial charge in [-0.1, -0.05) is 0 Å². The van der Waals surface area contributed by atoms with Gasteiger partial charge in [0.15, 0.2) is 0 Å². The van der Waals surface area contributed by atoms with Gasteiger partial charge in [-0.15, -0.1) is 0 Å². The summed E-state index contributed by atoms with van der Waals surface area (Å²) in [6, 6.07) is 8.17. The van der Waals surface area contributed by atoms with Gasteiger partial charge in [-0.3, -0.25) is 9.59 Å². The van der Waals surface area contributed by atoms with E-state index in [0.717, 1.165) is 44.5 Å². The molecule has 2 fully saturated rings. The zero-order valence-electron chi connectivity index (χ0n) is 16.9. The second kappa shape index (κ2) is 8.32. The van der Waals surface area contributed by atoms with Crippen molar-refractivity contribution in [2.45, 2.75) is 64.8 Å². The normalized spacial score (nSPS) is 23.1. The van der Waals surface area contributed by atoms with Crippen molar-refractivity contribution in [2.24, 2.45) is 11.8 Å². The van der Waals surface area contributed by atoms with Gasteiger partial charge in [0, 0.05) is 41.8 Å². The Morgan fingerprint density at radius 3 is 1.93 bits per heavy atom. The van der Waals surface area contributed by atoms with E-state index < -0.39 is 0 Å². The Morgan fingerprint density at radius 2 is 1.41 bits per heavy atom. The van der Waals surface area contributed by atoms with Crippen LogP contribution in [0.1, 0.15) is 59.3 Å². The fraction of sp³-hybridized carbons (Fsp3) is 0.636. The van der Waals surface area contributed by atoms with Crippen molar-refractivity contribution in [1.29, 1.82) is 0 Å². The largest absolute Gasteiger partial charge is 0.372 e. The number of nitrogens with one attached hydrogen (secondary N) is 2. The topological polar surface area (TPSA) is 61.4 Å². The average molecular weight is 372 g/mol. The van der Waals surface area contributed by atoms with Gasteiger partial charge < -0.3 is 15.5 Å². The molecule has 2 N–H and O–H groups in total. The molecular weight excluding hydrogens is 338 g/mol. The lowest BCUT2D eigenvalue weighted by Crippen LogP contribution is -2.45. The number of amides is 2. The van der Waals surface area contributed by atoms with Crippen LogP contribution in [0.4, 0.5) is 11.4 Å². The van der Waals surface area contributed by atoms with E-state index in [2.05, 4.69) is 27.7 Å². The summed E-state index contributed by atoms with van der Waals surface area (Å²) >= 11 is 0. The summed E-state index contributed by atoms with van der Waals surface area (Å²) in [5.41, 5.74) is 1.89. The first-order valence-corrected chi connectivity index (χ1v) is 10.3. The Bertz CT molecular complexity index is 649. The maximum atomic E-state index is 12.6. The third-order valence-electron chi connectivity index (χ3n) is 5.57. The SMILES string of the molecule is CC(C)(C)NC(=O)C1CCC(C(=O)Nc2ccc(N3CCCC3)cc2)CC1. The van der Waals surface area contributed by atoms with Crippen LogP contribution in [-0.2, 0) is 9.59 Å². The smallest absolute Gasteiger partial charge is 0.227 e. The Labute approximate surface area is 162 Å². The maximum absolute atomic E-state index is 12.6. The summed E-state index contributed by atoms with van der Waals surface area (Å²) < 4.78 is 0. The van der Waals surface area contributed by atoms with E-state index in [1.54, 1.807) is 0 Å². The van der Waals surface area contributed by atoms with Crippen molar-refractivity contribution in [3.8, 4) is 0 Å². The highest BCUT2D eigenvalue weighted by Gasteiger charge is 2.31. The molecule has 148 valence electrons. The Morgan fingerprint density at radius 1 is 0.889 bits per heavy atom. The van der Waals surface area contributed by atoms with E-state index in [-0.39, 0.29) is 29.2 Å². The molecule has 1 aromatic carbocycles. The van der Waals surface area contributed by atoms with Gasteiger partial charge in [0.25, 0.3) is 0 Å². The number of carbonyl (C=O) groups excluding carboxylic acids is 2. The third-order valence-corrected chi connectivity index (χ3v) is 5.57. The van der Waals surface area contributed by atoms with E-state index in [4.69, 9.17) is 0 Å². The van der Waals surface area contributed by atoms with E-state index in [1.807, 2.05) is 32.9 Å². The molecule has 3 rings (SSSR count). The van der Waals surface area contributed by atoms with E-state index in [1.165, 1.54) is 18.5 Å². The van der Waals surface area contributed by atoms with E-state index in [0.29, 0.717) is 0 Å². The minimum absolute atomic E-state index is 0.00180. The molecule has 2 aliphatic rings. The molecule has 1 aliphatic carbocycles. The van der Waals surface area contributed by atoms with Crippen molar-refractivity contribution >= 4 is 23.2 Å². The molecular formula is C22H33N3O2. The standard InChI is InChI=1S/C22H33N3O2/c1-22(2,3)24-21(27)17-8-6-16(7-9-17)20(26)23-18-10-12-19(13-11-18)25-14-4-5-15-25/h10-13,16-17H,4-9,14-15H2,1-3H3,(H,23,26)(H,24,27). The minimum Gasteiger partial charge on any atom is -0.372 e. The van der Waals surface area contributed by atoms with Crippen LogP contribution >= 0.6 is 0 Å². The summed E-state index contributed by atoms with van der Waals surface area (Å²) in [5, 5.41) is 6.11. The molecule has 0 bridgehead atoms. The number of hydrogen-bond donors (Lipinski definition) is 2. The van der Waals surface area contributed by atoms with Crippen molar-refractivity contribution < 1.29 is 9.59 Å². The fourth-order valence-corrected chi connectivity index (χ4v) is 4.06. The Kier molecular flexibility index (Phi) is 6.08. The van der Waals surface area contributed by atoms with Crippen LogP contribution in [0.3, 0.4) is 0 Å². The van der Waals surface area contributed by atoms with Gasteiger partial charge in [-0.05, 0) is 83.6 Å². The third kappa shape index (κ3) is 5.47. The van der Waals surface area contributed by atoms with Crippen LogP contribution in [0.5, 0.6) is 0 Å². The molecule has 0 unspecified atom stereocenters. The molecule has 5 nitrogen and oxygen atoms in total. The van der Waals surface area contributed by atoms with Gasteiger partial charge in [0.2, 0.25) is 11.8 Å². The van der Waals surface area contributed by atoms with Crippen LogP contribution < -0.4 is 15.5 Å². The number of carbonyl (C=O) groups is 2. The van der Waals surface area contributed by atoms with Gasteiger partial charge in [-0.25, -0.2) is 0 Å². The zero-order chi connectivity index (χ0) is 19.4. The first-order chi connectivity index (χ1) is 12.8. The highest BCUT2D eigenvalue weighted by Crippen LogP contribution is 2.30. The summed E-state index contributed by atoms with van der Waals surface area (Å²) in [6.45, 7) is 8.24. The number of rotatable bonds is 4. The predicted octanol–water partition coefficient (Wildman–Crippen LogP) is 3.95. The number of benzene rings is 1. The number of hydrogen-bond acceptors (Lipinski definition) is 3. The first kappa shape index (κ1) is 19.7. The summed E-state index contributed by atoms with van der Waals surface area (Å²) in [7, 11) is 0. The monoisotopic (exact) mass is 371 g/mol. The quantitative estimate of drug-likeness (QED) is 0.842. The molecule has 0 radical (unpaired) electrons. The lowest BCUT2D eigenvalue weighted by molar-refractivity contribution is -0.129. The second-order valence-corrected chi connectivity index (χ2v) is 9.02. The van der Waals surface area contributed by atoms with Crippen LogP contribution in [0.25, 0.3) is 0 Å². The highest BCUT2D eigenvalue weighted by molar-refractivity contribution is 5.93. The lowest BCUT2D eigenvalue weighted by atomic mass is 9.81. The van der Waals surface area contributed by atoms with Gasteiger partial charge in [0.1, 0.15) is 0 Å². The molecule has 1 saturated heterocycles. The fourth-order valence-electron chi connectivity index (χ4n) is 4.06. The Hall–Kier alpha value is -2.04. The molecule has 1 saturated carbocycles. The van der Waals surface area contributed by atoms with Gasteiger partial charge in [0.05, 0.1) is 0 Å². The molecule has 27 heavy (non-hydrogen) atoms. The van der Waals surface area contributed by atoms with Crippen LogP contribution in [0.15, 0.2) is 24.3 Å². The van der Waals surface area contributed by atoms with Gasteiger partial charge >= 0.3 is 0 Å². The maximum Gasteiger partial charge on any atom is 0.227 e. The van der Waals surface area contributed by atoms with Crippen LogP contribution in [-0.4, -0.2) is 30.4 Å². The average Bonchev–Trinajstić information content (AvgIpc) is 3.16. The molecule has 5 heteroatoms. The molecule has 0 atom stereocenters. The van der Waals surface area contributed by atoms with Crippen LogP contribution in [0.2, 0.25) is 0 Å². The lowest BCUT2D eigenvalue weighted by Gasteiger charge is -2.30. The van der Waals surface area contributed by atoms with Crippen molar-refractivity contribution in [2.75, 3.05) is 23.3 Å². The molecule has 0 spiro atoms. The Balaban J connectivity index is 1.47. The molecule has 1 aliphatic heterocycles. The zero-order valence-corrected chi connectivity index (χ0v) is 16.9. The minimum atomic E-state index is -0.202. The molecule has 1 aromatic rings. The molecule has 1 heterocycles. The summed E-state index contributed by atoms with van der Waals surface area (Å²) in [5.74, 6) is 0.243. The van der Waals surface area contributed by atoms with Crippen molar-refractivity contribution in [3.05, 3.63) is 24.3 Å². The first-order valence-electron chi connectivity index (χ1n) is 10.3. The van der Waals surface area contributed by atoms with E-state index in [9.17, 15) is 9.59 Å². The summed E-state index contributed by atoms with van der Waals surface area (Å²) in [6.07, 6.45) is 5.64. The molecule has 0 aromatic heterocycles. The summed E-state index contributed by atoms with van der Waals surface area (Å²) in [4.78, 5) is 27.3. The number of anilines is 2. The molecule has 2 amide bonds. The van der Waals surface area contributed by atoms with E-state index >= 15 is 0 Å². The highest BCUT2D eigenvalue weighted by atomic mass is 16.2. The van der Waals surface area contributed by atoms with Crippen molar-refractivity contribution in [3.63, 3.8) is 0 Å². The van der Waals surface area contributed by atoms with Gasteiger partial charge in [-0.2, -0.15) is 0 Å².